The minimum atomic E-state index is -0.562. The number of aliphatic hydroxyl groups is 2. The Kier molecular flexibility index (Phi) is 1.34. The largest absolute Gasteiger partial charge is 0.390 e. The zero-order valence-electron chi connectivity index (χ0n) is 9.14. The third-order valence-electron chi connectivity index (χ3n) is 4.54. The number of hydrogen-bond acceptors (Lipinski definition) is 2. The Balaban J connectivity index is 2.08. The van der Waals surface area contributed by atoms with Crippen molar-refractivity contribution in [2.24, 2.45) is 10.8 Å². The van der Waals surface area contributed by atoms with E-state index in [0.29, 0.717) is 6.42 Å². The highest BCUT2D eigenvalue weighted by Gasteiger charge is 2.64. The molecule has 0 atom stereocenters. The fourth-order valence-corrected chi connectivity index (χ4v) is 5.57. The van der Waals surface area contributed by atoms with Gasteiger partial charge in [-0.3, -0.25) is 0 Å². The molecule has 4 rings (SSSR count). The van der Waals surface area contributed by atoms with Crippen LogP contribution in [-0.2, 0) is 0 Å². The molecule has 4 bridgehead atoms. The summed E-state index contributed by atoms with van der Waals surface area (Å²) in [6.45, 7) is 4.47. The molecule has 4 aliphatic carbocycles. The van der Waals surface area contributed by atoms with Gasteiger partial charge in [-0.25, -0.2) is 0 Å². The van der Waals surface area contributed by atoms with Gasteiger partial charge in [-0.1, -0.05) is 13.8 Å². The molecule has 4 aliphatic rings. The topological polar surface area (TPSA) is 40.5 Å². The van der Waals surface area contributed by atoms with Crippen LogP contribution in [0, 0.1) is 10.8 Å². The minimum Gasteiger partial charge on any atom is -0.390 e. The van der Waals surface area contributed by atoms with E-state index in [9.17, 15) is 10.2 Å². The summed E-state index contributed by atoms with van der Waals surface area (Å²) in [4.78, 5) is 0. The van der Waals surface area contributed by atoms with Crippen molar-refractivity contribution in [3.63, 3.8) is 0 Å². The van der Waals surface area contributed by atoms with Crippen molar-refractivity contribution in [1.82, 2.24) is 0 Å². The molecule has 4 fully saturated rings. The Morgan fingerprint density at radius 1 is 0.643 bits per heavy atom. The monoisotopic (exact) mass is 196 g/mol. The second kappa shape index (κ2) is 2.05. The van der Waals surface area contributed by atoms with E-state index in [0.717, 1.165) is 25.7 Å². The molecule has 0 saturated heterocycles. The van der Waals surface area contributed by atoms with Gasteiger partial charge >= 0.3 is 0 Å². The van der Waals surface area contributed by atoms with Gasteiger partial charge in [-0.2, -0.15) is 0 Å². The highest BCUT2D eigenvalue weighted by molar-refractivity contribution is 5.16. The van der Waals surface area contributed by atoms with E-state index in [1.54, 1.807) is 0 Å². The molecule has 0 heterocycles. The van der Waals surface area contributed by atoms with Crippen molar-refractivity contribution in [1.29, 1.82) is 0 Å². The molecule has 0 aromatic rings. The molecule has 2 heteroatoms. The van der Waals surface area contributed by atoms with Gasteiger partial charge < -0.3 is 10.2 Å². The molecule has 80 valence electrons. The highest BCUT2D eigenvalue weighted by atomic mass is 16.3. The average Bonchev–Trinajstić information content (AvgIpc) is 1.67. The third kappa shape index (κ3) is 1.10. The zero-order valence-corrected chi connectivity index (χ0v) is 9.14. The molecule has 4 saturated carbocycles. The molecular formula is C12H20O2. The first-order valence-corrected chi connectivity index (χ1v) is 5.69. The van der Waals surface area contributed by atoms with E-state index in [-0.39, 0.29) is 10.8 Å². The first kappa shape index (κ1) is 9.17. The molecule has 0 aromatic heterocycles. The second-order valence-corrected chi connectivity index (χ2v) is 7.13. The highest BCUT2D eigenvalue weighted by Crippen LogP contribution is 2.67. The van der Waals surface area contributed by atoms with Gasteiger partial charge in [-0.15, -0.1) is 0 Å². The van der Waals surface area contributed by atoms with Crippen molar-refractivity contribution in [2.75, 3.05) is 0 Å². The summed E-state index contributed by atoms with van der Waals surface area (Å²) < 4.78 is 0. The maximum Gasteiger partial charge on any atom is 0.0685 e. The van der Waals surface area contributed by atoms with Crippen LogP contribution in [0.15, 0.2) is 0 Å². The summed E-state index contributed by atoms with van der Waals surface area (Å²) in [5.41, 5.74) is -0.750. The summed E-state index contributed by atoms with van der Waals surface area (Å²) in [5.74, 6) is 0. The van der Waals surface area contributed by atoms with E-state index in [1.807, 2.05) is 0 Å². The summed E-state index contributed by atoms with van der Waals surface area (Å²) in [5, 5.41) is 20.9. The van der Waals surface area contributed by atoms with Crippen molar-refractivity contribution >= 4 is 0 Å². The maximum atomic E-state index is 10.4. The summed E-state index contributed by atoms with van der Waals surface area (Å²) >= 11 is 0. The van der Waals surface area contributed by atoms with E-state index < -0.39 is 11.2 Å². The van der Waals surface area contributed by atoms with Gasteiger partial charge in [0.25, 0.3) is 0 Å². The first-order chi connectivity index (χ1) is 6.24. The summed E-state index contributed by atoms with van der Waals surface area (Å²) in [6, 6.07) is 0. The molecule has 14 heavy (non-hydrogen) atoms. The van der Waals surface area contributed by atoms with E-state index in [4.69, 9.17) is 0 Å². The van der Waals surface area contributed by atoms with Gasteiger partial charge in [0.05, 0.1) is 11.2 Å². The molecule has 0 unspecified atom stereocenters. The van der Waals surface area contributed by atoms with Gasteiger partial charge in [0.1, 0.15) is 0 Å². The lowest BCUT2D eigenvalue weighted by Gasteiger charge is -2.66. The zero-order chi connectivity index (χ0) is 10.2. The number of hydrogen-bond donors (Lipinski definition) is 2. The van der Waals surface area contributed by atoms with E-state index >= 15 is 0 Å². The van der Waals surface area contributed by atoms with Crippen molar-refractivity contribution in [3.05, 3.63) is 0 Å². The van der Waals surface area contributed by atoms with Crippen LogP contribution in [-0.4, -0.2) is 21.4 Å². The predicted octanol–water partition coefficient (Wildman–Crippen LogP) is 1.84. The van der Waals surface area contributed by atoms with Crippen LogP contribution in [0.3, 0.4) is 0 Å². The van der Waals surface area contributed by atoms with Crippen LogP contribution >= 0.6 is 0 Å². The molecule has 0 aromatic carbocycles. The maximum absolute atomic E-state index is 10.4. The van der Waals surface area contributed by atoms with Crippen molar-refractivity contribution in [3.8, 4) is 0 Å². The van der Waals surface area contributed by atoms with Crippen LogP contribution in [0.25, 0.3) is 0 Å². The van der Waals surface area contributed by atoms with Crippen LogP contribution in [0.5, 0.6) is 0 Å². The van der Waals surface area contributed by atoms with Crippen molar-refractivity contribution < 1.29 is 10.2 Å². The molecule has 0 spiro atoms. The van der Waals surface area contributed by atoms with Crippen molar-refractivity contribution in [2.45, 2.75) is 63.6 Å². The third-order valence-corrected chi connectivity index (χ3v) is 4.54. The molecule has 0 aliphatic heterocycles. The fourth-order valence-electron chi connectivity index (χ4n) is 5.57. The van der Waals surface area contributed by atoms with Crippen LogP contribution in [0.1, 0.15) is 52.4 Å². The molecule has 0 amide bonds. The Morgan fingerprint density at radius 2 is 1.00 bits per heavy atom. The average molecular weight is 196 g/mol. The lowest BCUT2D eigenvalue weighted by atomic mass is 9.42. The van der Waals surface area contributed by atoms with Crippen LogP contribution < -0.4 is 0 Å². The lowest BCUT2D eigenvalue weighted by molar-refractivity contribution is -0.251. The lowest BCUT2D eigenvalue weighted by Crippen LogP contribution is -2.65. The molecule has 2 N–H and O–H groups in total. The smallest absolute Gasteiger partial charge is 0.0685 e. The minimum absolute atomic E-state index is 0.188. The molecule has 2 nitrogen and oxygen atoms in total. The fraction of sp³-hybridized carbons (Fsp3) is 1.00. The van der Waals surface area contributed by atoms with Gasteiger partial charge in [-0.05, 0) is 42.9 Å². The second-order valence-electron chi connectivity index (χ2n) is 7.13. The van der Waals surface area contributed by atoms with Crippen LogP contribution in [0.2, 0.25) is 0 Å². The molecule has 0 radical (unpaired) electrons. The predicted molar refractivity (Wildman–Crippen MR) is 53.8 cm³/mol. The summed E-state index contributed by atoms with van der Waals surface area (Å²) in [7, 11) is 0. The Morgan fingerprint density at radius 3 is 1.29 bits per heavy atom. The van der Waals surface area contributed by atoms with Gasteiger partial charge in [0.2, 0.25) is 0 Å². The normalized spacial score (nSPS) is 66.0. The number of rotatable bonds is 0. The first-order valence-electron chi connectivity index (χ1n) is 5.69. The Labute approximate surface area is 85.3 Å². The molecular weight excluding hydrogens is 176 g/mol. The standard InChI is InChI=1S/C12H20O2/c1-9-3-10(2)6-11(13,4-9)8-12(14,5-9)7-10/h13-14H,3-8H2,1-2H3. The van der Waals surface area contributed by atoms with Gasteiger partial charge in [0.15, 0.2) is 0 Å². The quantitative estimate of drug-likeness (QED) is 0.620. The van der Waals surface area contributed by atoms with E-state index in [1.165, 1.54) is 6.42 Å². The van der Waals surface area contributed by atoms with Crippen LogP contribution in [0.4, 0.5) is 0 Å². The Hall–Kier alpha value is -0.0800. The van der Waals surface area contributed by atoms with Gasteiger partial charge in [0, 0.05) is 6.42 Å². The SMILES string of the molecule is CC12CC3(C)CC(O)(C1)CC(O)(C2)C3. The van der Waals surface area contributed by atoms with E-state index in [2.05, 4.69) is 13.8 Å². The summed E-state index contributed by atoms with van der Waals surface area (Å²) in [6.07, 6.45) is 5.40. The Bertz CT molecular complexity index is 201.